The molecule has 0 aliphatic heterocycles. The van der Waals surface area contributed by atoms with E-state index < -0.39 is 5.97 Å². The maximum Gasteiger partial charge on any atom is 0.339 e. The predicted molar refractivity (Wildman–Crippen MR) is 100 cm³/mol. The Morgan fingerprint density at radius 3 is 2.48 bits per heavy atom. The van der Waals surface area contributed by atoms with E-state index in [1.165, 1.54) is 5.56 Å². The van der Waals surface area contributed by atoms with Crippen LogP contribution in [0.25, 0.3) is 0 Å². The van der Waals surface area contributed by atoms with Crippen molar-refractivity contribution in [2.75, 3.05) is 5.32 Å². The van der Waals surface area contributed by atoms with Gasteiger partial charge in [0.25, 0.3) is 0 Å². The molecule has 1 aromatic heterocycles. The minimum absolute atomic E-state index is 0.308. The summed E-state index contributed by atoms with van der Waals surface area (Å²) < 4.78 is 0. The van der Waals surface area contributed by atoms with Gasteiger partial charge in [-0.3, -0.25) is 4.98 Å². The summed E-state index contributed by atoms with van der Waals surface area (Å²) in [4.78, 5) is 16.0. The lowest BCUT2D eigenvalue weighted by atomic mass is 9.81. The smallest absolute Gasteiger partial charge is 0.339 e. The van der Waals surface area contributed by atoms with Crippen LogP contribution in [0.5, 0.6) is 0 Å². The van der Waals surface area contributed by atoms with Gasteiger partial charge in [-0.15, -0.1) is 0 Å². The molecule has 1 aromatic carbocycles. The summed E-state index contributed by atoms with van der Waals surface area (Å²) in [7, 11) is 0. The number of hydrogen-bond donors (Lipinski definition) is 2. The summed E-state index contributed by atoms with van der Waals surface area (Å²) in [6.45, 7) is 3.82. The third-order valence-corrected chi connectivity index (χ3v) is 5.19. The standard InChI is InChI=1S/C21H26N2O2/c1-3-17-13-19(20(21(24)25)14(2)22-17)23-18-11-9-16(10-12-18)15-7-5-4-6-8-15/h4-8,13,16,18H,3,9-12H2,1-2H3,(H,22,23)(H,24,25). The van der Waals surface area contributed by atoms with E-state index in [4.69, 9.17) is 0 Å². The van der Waals surface area contributed by atoms with Crippen LogP contribution in [0.1, 0.15) is 65.8 Å². The van der Waals surface area contributed by atoms with Gasteiger partial charge in [0.2, 0.25) is 0 Å². The molecule has 0 amide bonds. The lowest BCUT2D eigenvalue weighted by molar-refractivity contribution is 0.0696. The van der Waals surface area contributed by atoms with Gasteiger partial charge in [-0.25, -0.2) is 4.79 Å². The summed E-state index contributed by atoms with van der Waals surface area (Å²) in [6.07, 6.45) is 5.18. The van der Waals surface area contributed by atoms with E-state index >= 15 is 0 Å². The third kappa shape index (κ3) is 4.01. The lowest BCUT2D eigenvalue weighted by Gasteiger charge is -2.30. The largest absolute Gasteiger partial charge is 0.478 e. The van der Waals surface area contributed by atoms with Crippen molar-refractivity contribution in [3.8, 4) is 0 Å². The summed E-state index contributed by atoms with van der Waals surface area (Å²) in [5.41, 5.74) is 3.97. The molecule has 0 saturated heterocycles. The molecular weight excluding hydrogens is 312 g/mol. The van der Waals surface area contributed by atoms with Crippen LogP contribution in [0.15, 0.2) is 36.4 Å². The first-order valence-electron chi connectivity index (χ1n) is 9.13. The molecule has 1 fully saturated rings. The Morgan fingerprint density at radius 1 is 1.20 bits per heavy atom. The fourth-order valence-electron chi connectivity index (χ4n) is 3.82. The summed E-state index contributed by atoms with van der Waals surface area (Å²) in [6, 6.07) is 12.9. The van der Waals surface area contributed by atoms with Crippen LogP contribution in [0.4, 0.5) is 5.69 Å². The van der Waals surface area contributed by atoms with E-state index in [9.17, 15) is 9.90 Å². The molecule has 132 valence electrons. The first-order chi connectivity index (χ1) is 12.1. The zero-order valence-corrected chi connectivity index (χ0v) is 15.0. The number of nitrogens with zero attached hydrogens (tertiary/aromatic N) is 1. The third-order valence-electron chi connectivity index (χ3n) is 5.19. The Balaban J connectivity index is 1.71. The van der Waals surface area contributed by atoms with Gasteiger partial charge in [0.15, 0.2) is 0 Å². The van der Waals surface area contributed by atoms with Crippen LogP contribution in [0, 0.1) is 6.92 Å². The minimum atomic E-state index is -0.909. The van der Waals surface area contributed by atoms with Gasteiger partial charge >= 0.3 is 5.97 Å². The number of aryl methyl sites for hydroxylation is 2. The number of aromatic nitrogens is 1. The number of benzene rings is 1. The summed E-state index contributed by atoms with van der Waals surface area (Å²) in [5, 5.41) is 13.0. The Labute approximate surface area is 149 Å². The second-order valence-corrected chi connectivity index (χ2v) is 6.88. The van der Waals surface area contributed by atoms with Gasteiger partial charge in [0, 0.05) is 11.7 Å². The van der Waals surface area contributed by atoms with E-state index in [0.717, 1.165) is 43.5 Å². The average Bonchev–Trinajstić information content (AvgIpc) is 2.62. The fraction of sp³-hybridized carbons (Fsp3) is 0.429. The van der Waals surface area contributed by atoms with Crippen molar-refractivity contribution < 1.29 is 9.90 Å². The van der Waals surface area contributed by atoms with E-state index in [2.05, 4.69) is 40.6 Å². The molecule has 0 atom stereocenters. The van der Waals surface area contributed by atoms with E-state index in [1.54, 1.807) is 6.92 Å². The van der Waals surface area contributed by atoms with E-state index in [-0.39, 0.29) is 0 Å². The molecule has 0 radical (unpaired) electrons. The number of hydrogen-bond acceptors (Lipinski definition) is 3. The molecule has 0 spiro atoms. The number of nitrogens with one attached hydrogen (secondary N) is 1. The highest BCUT2D eigenvalue weighted by Gasteiger charge is 2.24. The maximum atomic E-state index is 11.6. The summed E-state index contributed by atoms with van der Waals surface area (Å²) >= 11 is 0. The Bertz CT molecular complexity index is 735. The van der Waals surface area contributed by atoms with Crippen LogP contribution in [-0.4, -0.2) is 22.1 Å². The SMILES string of the molecule is CCc1cc(NC2CCC(c3ccccc3)CC2)c(C(=O)O)c(C)n1. The van der Waals surface area contributed by atoms with Crippen LogP contribution >= 0.6 is 0 Å². The van der Waals surface area contributed by atoms with Crippen molar-refractivity contribution in [1.82, 2.24) is 4.98 Å². The van der Waals surface area contributed by atoms with Crippen molar-refractivity contribution in [3.63, 3.8) is 0 Å². The number of carbonyl (C=O) groups is 1. The highest BCUT2D eigenvalue weighted by atomic mass is 16.4. The van der Waals surface area contributed by atoms with Crippen molar-refractivity contribution in [3.05, 3.63) is 58.9 Å². The maximum absolute atomic E-state index is 11.6. The first kappa shape index (κ1) is 17.5. The topological polar surface area (TPSA) is 62.2 Å². The lowest BCUT2D eigenvalue weighted by Crippen LogP contribution is -2.26. The normalized spacial score (nSPS) is 20.2. The zero-order valence-electron chi connectivity index (χ0n) is 15.0. The van der Waals surface area contributed by atoms with Crippen LogP contribution in [0.3, 0.4) is 0 Å². The number of anilines is 1. The Hall–Kier alpha value is -2.36. The predicted octanol–water partition coefficient (Wildman–Crippen LogP) is 4.79. The van der Waals surface area contributed by atoms with Gasteiger partial charge in [-0.2, -0.15) is 0 Å². The molecule has 1 aliphatic carbocycles. The molecule has 25 heavy (non-hydrogen) atoms. The van der Waals surface area contributed by atoms with Gasteiger partial charge in [0.1, 0.15) is 5.56 Å². The zero-order chi connectivity index (χ0) is 17.8. The van der Waals surface area contributed by atoms with Crippen LogP contribution < -0.4 is 5.32 Å². The highest BCUT2D eigenvalue weighted by molar-refractivity contribution is 5.95. The van der Waals surface area contributed by atoms with Crippen LogP contribution in [0.2, 0.25) is 0 Å². The molecule has 1 heterocycles. The molecular formula is C21H26N2O2. The van der Waals surface area contributed by atoms with Crippen molar-refractivity contribution in [2.24, 2.45) is 0 Å². The van der Waals surface area contributed by atoms with Crippen LogP contribution in [-0.2, 0) is 6.42 Å². The van der Waals surface area contributed by atoms with Crippen molar-refractivity contribution in [1.29, 1.82) is 0 Å². The first-order valence-corrected chi connectivity index (χ1v) is 9.13. The van der Waals surface area contributed by atoms with Gasteiger partial charge in [0.05, 0.1) is 11.4 Å². The molecule has 4 heteroatoms. The Kier molecular flexibility index (Phi) is 5.37. The molecule has 3 rings (SSSR count). The molecule has 1 saturated carbocycles. The Morgan fingerprint density at radius 2 is 1.88 bits per heavy atom. The fourth-order valence-corrected chi connectivity index (χ4v) is 3.82. The highest BCUT2D eigenvalue weighted by Crippen LogP contribution is 2.34. The molecule has 2 N–H and O–H groups in total. The molecule has 1 aliphatic rings. The van der Waals surface area contributed by atoms with Gasteiger partial charge < -0.3 is 10.4 Å². The minimum Gasteiger partial charge on any atom is -0.478 e. The monoisotopic (exact) mass is 338 g/mol. The van der Waals surface area contributed by atoms with Gasteiger partial charge in [-0.1, -0.05) is 37.3 Å². The van der Waals surface area contributed by atoms with Crippen molar-refractivity contribution in [2.45, 2.75) is 57.9 Å². The molecule has 0 unspecified atom stereocenters. The molecule has 4 nitrogen and oxygen atoms in total. The quantitative estimate of drug-likeness (QED) is 0.823. The van der Waals surface area contributed by atoms with E-state index in [0.29, 0.717) is 23.2 Å². The van der Waals surface area contributed by atoms with Gasteiger partial charge in [-0.05, 0) is 56.6 Å². The summed E-state index contributed by atoms with van der Waals surface area (Å²) in [5.74, 6) is -0.295. The molecule has 0 bridgehead atoms. The average molecular weight is 338 g/mol. The molecule has 2 aromatic rings. The van der Waals surface area contributed by atoms with Crippen molar-refractivity contribution >= 4 is 11.7 Å². The second kappa shape index (κ2) is 7.68. The number of pyridine rings is 1. The number of aromatic carboxylic acids is 1. The van der Waals surface area contributed by atoms with E-state index in [1.807, 2.05) is 13.0 Å². The second-order valence-electron chi connectivity index (χ2n) is 6.88. The number of rotatable bonds is 5. The number of carboxylic acid groups (broad SMARTS) is 1. The number of carboxylic acids is 1.